The summed E-state index contributed by atoms with van der Waals surface area (Å²) in [5.41, 5.74) is 2.28. The van der Waals surface area contributed by atoms with Crippen LogP contribution in [0.4, 0.5) is 5.69 Å². The molecule has 3 rings (SSSR count). The number of nitrogens with zero attached hydrogens (tertiary/aromatic N) is 1. The first-order valence-corrected chi connectivity index (χ1v) is 8.13. The van der Waals surface area contributed by atoms with Crippen molar-refractivity contribution in [2.45, 2.75) is 0 Å². The minimum atomic E-state index is -0.184. The fourth-order valence-corrected chi connectivity index (χ4v) is 2.58. The minimum Gasteiger partial charge on any atom is -0.497 e. The first kappa shape index (κ1) is 16.9. The molecule has 0 bridgehead atoms. The van der Waals surface area contributed by atoms with Gasteiger partial charge in [-0.05, 0) is 48.5 Å². The van der Waals surface area contributed by atoms with Crippen LogP contribution in [0.15, 0.2) is 83.9 Å². The second-order valence-electron chi connectivity index (χ2n) is 5.36. The van der Waals surface area contributed by atoms with Gasteiger partial charge in [0.05, 0.1) is 12.8 Å². The van der Waals surface area contributed by atoms with E-state index in [0.717, 1.165) is 11.3 Å². The Hall–Kier alpha value is -2.91. The van der Waals surface area contributed by atoms with Crippen molar-refractivity contribution >= 4 is 28.8 Å². The van der Waals surface area contributed by atoms with Crippen molar-refractivity contribution in [1.29, 1.82) is 0 Å². The highest BCUT2D eigenvalue weighted by Gasteiger charge is 2.17. The highest BCUT2D eigenvalue weighted by Crippen LogP contribution is 2.20. The van der Waals surface area contributed by atoms with E-state index in [1.165, 1.54) is 0 Å². The standard InChI is InChI=1S/C21H16ClNO2/c1-25-19-12-10-15(11-13-19)20(23-18-8-3-2-4-9-18)21(24)16-6-5-7-17(22)14-16/h2-14H,1H3. The van der Waals surface area contributed by atoms with E-state index in [1.807, 2.05) is 42.5 Å². The Labute approximate surface area is 151 Å². The van der Waals surface area contributed by atoms with Gasteiger partial charge >= 0.3 is 0 Å². The number of para-hydroxylation sites is 1. The number of rotatable bonds is 5. The molecule has 0 aliphatic carbocycles. The summed E-state index contributed by atoms with van der Waals surface area (Å²) in [5.74, 6) is 0.537. The topological polar surface area (TPSA) is 38.7 Å². The van der Waals surface area contributed by atoms with Gasteiger partial charge in [0.1, 0.15) is 11.5 Å². The number of ketones is 1. The third kappa shape index (κ3) is 4.14. The zero-order chi connectivity index (χ0) is 17.6. The van der Waals surface area contributed by atoms with Crippen molar-refractivity contribution in [1.82, 2.24) is 0 Å². The predicted molar refractivity (Wildman–Crippen MR) is 101 cm³/mol. The third-order valence-corrected chi connectivity index (χ3v) is 3.90. The number of carbonyl (C=O) groups is 1. The lowest BCUT2D eigenvalue weighted by molar-refractivity contribution is 0.106. The molecule has 25 heavy (non-hydrogen) atoms. The van der Waals surface area contributed by atoms with E-state index in [9.17, 15) is 4.79 Å². The van der Waals surface area contributed by atoms with Crippen LogP contribution in [0.25, 0.3) is 0 Å². The average Bonchev–Trinajstić information content (AvgIpc) is 2.66. The number of Topliss-reactive ketones (excluding diaryl/α,β-unsaturated/α-hetero) is 1. The fourth-order valence-electron chi connectivity index (χ4n) is 2.39. The van der Waals surface area contributed by atoms with Gasteiger partial charge < -0.3 is 4.74 Å². The highest BCUT2D eigenvalue weighted by molar-refractivity contribution is 6.52. The van der Waals surface area contributed by atoms with Gasteiger partial charge in [0, 0.05) is 16.1 Å². The fraction of sp³-hybridized carbons (Fsp3) is 0.0476. The number of carbonyl (C=O) groups excluding carboxylic acids is 1. The minimum absolute atomic E-state index is 0.184. The number of aliphatic imine (C=N–C) groups is 1. The van der Waals surface area contributed by atoms with Crippen LogP contribution in [0.1, 0.15) is 15.9 Å². The maximum Gasteiger partial charge on any atom is 0.212 e. The second kappa shape index (κ2) is 7.77. The van der Waals surface area contributed by atoms with Crippen molar-refractivity contribution in [3.63, 3.8) is 0 Å². The molecule has 0 N–H and O–H groups in total. The van der Waals surface area contributed by atoms with Gasteiger partial charge in [-0.2, -0.15) is 0 Å². The van der Waals surface area contributed by atoms with Gasteiger partial charge in [0.2, 0.25) is 5.78 Å². The van der Waals surface area contributed by atoms with Crippen LogP contribution in [-0.2, 0) is 0 Å². The highest BCUT2D eigenvalue weighted by atomic mass is 35.5. The van der Waals surface area contributed by atoms with Gasteiger partial charge in [0.25, 0.3) is 0 Å². The Morgan fingerprint density at radius 1 is 0.880 bits per heavy atom. The van der Waals surface area contributed by atoms with Crippen LogP contribution in [0.2, 0.25) is 5.02 Å². The molecule has 3 aromatic rings. The molecule has 0 aliphatic heterocycles. The SMILES string of the molecule is COc1ccc(C(=Nc2ccccc2)C(=O)c2cccc(Cl)c2)cc1. The molecule has 0 fully saturated rings. The lowest BCUT2D eigenvalue weighted by atomic mass is 10.0. The van der Waals surface area contributed by atoms with E-state index in [-0.39, 0.29) is 5.78 Å². The van der Waals surface area contributed by atoms with Crippen LogP contribution in [-0.4, -0.2) is 18.6 Å². The van der Waals surface area contributed by atoms with Crippen LogP contribution in [0, 0.1) is 0 Å². The molecule has 0 radical (unpaired) electrons. The summed E-state index contributed by atoms with van der Waals surface area (Å²) in [7, 11) is 1.60. The number of ether oxygens (including phenoxy) is 1. The lowest BCUT2D eigenvalue weighted by Crippen LogP contribution is -2.15. The number of hydrogen-bond acceptors (Lipinski definition) is 3. The number of benzene rings is 3. The smallest absolute Gasteiger partial charge is 0.212 e. The predicted octanol–water partition coefficient (Wildman–Crippen LogP) is 5.35. The lowest BCUT2D eigenvalue weighted by Gasteiger charge is -2.08. The van der Waals surface area contributed by atoms with E-state index < -0.39 is 0 Å². The largest absolute Gasteiger partial charge is 0.497 e. The molecule has 0 atom stereocenters. The molecule has 3 nitrogen and oxygen atoms in total. The Bertz CT molecular complexity index is 903. The number of methoxy groups -OCH3 is 1. The first-order valence-electron chi connectivity index (χ1n) is 7.76. The quantitative estimate of drug-likeness (QED) is 0.460. The molecular formula is C21H16ClNO2. The van der Waals surface area contributed by atoms with Gasteiger partial charge in [-0.25, -0.2) is 4.99 Å². The summed E-state index contributed by atoms with van der Waals surface area (Å²) in [6.45, 7) is 0. The Kier molecular flexibility index (Phi) is 5.26. The Morgan fingerprint density at radius 2 is 1.60 bits per heavy atom. The Morgan fingerprint density at radius 3 is 2.24 bits per heavy atom. The molecule has 0 heterocycles. The van der Waals surface area contributed by atoms with Gasteiger partial charge in [-0.15, -0.1) is 0 Å². The Balaban J connectivity index is 2.08. The molecule has 0 amide bonds. The number of halogens is 1. The van der Waals surface area contributed by atoms with E-state index in [2.05, 4.69) is 4.99 Å². The zero-order valence-corrected chi connectivity index (χ0v) is 14.4. The van der Waals surface area contributed by atoms with Crippen molar-refractivity contribution in [3.8, 4) is 5.75 Å². The number of hydrogen-bond donors (Lipinski definition) is 0. The van der Waals surface area contributed by atoms with Crippen LogP contribution < -0.4 is 4.74 Å². The normalized spacial score (nSPS) is 11.2. The van der Waals surface area contributed by atoms with Gasteiger partial charge in [-0.3, -0.25) is 4.79 Å². The summed E-state index contributed by atoms with van der Waals surface area (Å²) in [4.78, 5) is 17.6. The molecule has 3 aromatic carbocycles. The van der Waals surface area contributed by atoms with E-state index in [4.69, 9.17) is 16.3 Å². The van der Waals surface area contributed by atoms with Crippen molar-refractivity contribution in [2.75, 3.05) is 7.11 Å². The second-order valence-corrected chi connectivity index (χ2v) is 5.80. The first-order chi connectivity index (χ1) is 12.2. The average molecular weight is 350 g/mol. The summed E-state index contributed by atoms with van der Waals surface area (Å²) in [6, 6.07) is 23.5. The summed E-state index contributed by atoms with van der Waals surface area (Å²) < 4.78 is 5.19. The molecule has 0 aromatic heterocycles. The van der Waals surface area contributed by atoms with E-state index >= 15 is 0 Å². The molecule has 0 spiro atoms. The molecule has 0 unspecified atom stereocenters. The summed E-state index contributed by atoms with van der Waals surface area (Å²) in [6.07, 6.45) is 0. The van der Waals surface area contributed by atoms with Crippen molar-refractivity contribution in [3.05, 3.63) is 95.0 Å². The summed E-state index contributed by atoms with van der Waals surface area (Å²) in [5, 5.41) is 0.514. The molecule has 0 saturated heterocycles. The molecule has 4 heteroatoms. The van der Waals surface area contributed by atoms with E-state index in [1.54, 1.807) is 43.5 Å². The molecule has 0 saturated carbocycles. The molecule has 0 aliphatic rings. The molecular weight excluding hydrogens is 334 g/mol. The van der Waals surface area contributed by atoms with Crippen molar-refractivity contribution < 1.29 is 9.53 Å². The maximum atomic E-state index is 13.0. The van der Waals surface area contributed by atoms with Gasteiger partial charge in [-0.1, -0.05) is 41.9 Å². The van der Waals surface area contributed by atoms with Crippen LogP contribution in [0.3, 0.4) is 0 Å². The van der Waals surface area contributed by atoms with Crippen LogP contribution >= 0.6 is 11.6 Å². The molecule has 124 valence electrons. The summed E-state index contributed by atoms with van der Waals surface area (Å²) >= 11 is 6.03. The van der Waals surface area contributed by atoms with E-state index in [0.29, 0.717) is 22.0 Å². The van der Waals surface area contributed by atoms with Gasteiger partial charge in [0.15, 0.2) is 0 Å². The maximum absolute atomic E-state index is 13.0. The monoisotopic (exact) mass is 349 g/mol. The third-order valence-electron chi connectivity index (χ3n) is 3.66. The van der Waals surface area contributed by atoms with Crippen molar-refractivity contribution in [2.24, 2.45) is 4.99 Å². The zero-order valence-electron chi connectivity index (χ0n) is 13.6. The van der Waals surface area contributed by atoms with Crippen LogP contribution in [0.5, 0.6) is 5.75 Å².